The van der Waals surface area contributed by atoms with Crippen LogP contribution in [0.15, 0.2) is 30.3 Å². The lowest BCUT2D eigenvalue weighted by Gasteiger charge is -2.25. The Bertz CT molecular complexity index is 407. The van der Waals surface area contributed by atoms with E-state index in [1.54, 1.807) is 0 Å². The monoisotopic (exact) mass is 266 g/mol. The Morgan fingerprint density at radius 2 is 1.74 bits per heavy atom. The van der Waals surface area contributed by atoms with Gasteiger partial charge in [-0.05, 0) is 5.56 Å². The van der Waals surface area contributed by atoms with Crippen LogP contribution in [0.2, 0.25) is 0 Å². The minimum absolute atomic E-state index is 0.345. The topological polar surface area (TPSA) is 117 Å². The minimum Gasteiger partial charge on any atom is -0.394 e. The predicted molar refractivity (Wildman–Crippen MR) is 67.8 cm³/mol. The highest BCUT2D eigenvalue weighted by atomic mass is 16.4. The van der Waals surface area contributed by atoms with Gasteiger partial charge in [0.2, 0.25) is 0 Å². The number of nitrogens with zero attached hydrogens (tertiary/aromatic N) is 1. The molecule has 6 nitrogen and oxygen atoms in total. The molecular formula is C13H18N2O4. The van der Waals surface area contributed by atoms with Crippen molar-refractivity contribution in [3.63, 3.8) is 0 Å². The highest BCUT2D eigenvalue weighted by Crippen LogP contribution is 2.06. The van der Waals surface area contributed by atoms with Crippen LogP contribution in [0.25, 0.3) is 0 Å². The van der Waals surface area contributed by atoms with Gasteiger partial charge in [-0.25, -0.2) is 0 Å². The minimum atomic E-state index is -1.59. The van der Waals surface area contributed by atoms with Crippen molar-refractivity contribution in [3.05, 3.63) is 35.9 Å². The molecule has 5 N–H and O–H groups in total. The van der Waals surface area contributed by atoms with E-state index in [-0.39, 0.29) is 0 Å². The van der Waals surface area contributed by atoms with Crippen LogP contribution in [0.3, 0.4) is 0 Å². The average molecular weight is 266 g/mol. The predicted octanol–water partition coefficient (Wildman–Crippen LogP) is -1.26. The van der Waals surface area contributed by atoms with Gasteiger partial charge in [0.05, 0.1) is 12.7 Å². The van der Waals surface area contributed by atoms with E-state index in [1.165, 1.54) is 0 Å². The summed E-state index contributed by atoms with van der Waals surface area (Å²) in [6, 6.07) is 10.0. The number of aliphatic hydroxyl groups excluding tert-OH is 4. The number of hydrogen-bond acceptors (Lipinski definition) is 6. The first kappa shape index (κ1) is 15.6. The summed E-state index contributed by atoms with van der Waals surface area (Å²) in [6.45, 7) is -0.340. The van der Waals surface area contributed by atoms with Gasteiger partial charge in [0, 0.05) is 6.54 Å². The highest BCUT2D eigenvalue weighted by molar-refractivity contribution is 5.15. The number of hydrogen-bond donors (Lipinski definition) is 5. The van der Waals surface area contributed by atoms with E-state index in [2.05, 4.69) is 5.32 Å². The van der Waals surface area contributed by atoms with Crippen molar-refractivity contribution >= 4 is 0 Å². The summed E-state index contributed by atoms with van der Waals surface area (Å²) >= 11 is 0. The zero-order chi connectivity index (χ0) is 14.3. The summed E-state index contributed by atoms with van der Waals surface area (Å²) in [6.07, 6.45) is -4.56. The number of nitrogens with one attached hydrogen (secondary N) is 1. The molecule has 1 rings (SSSR count). The number of aliphatic hydroxyl groups is 4. The number of benzene rings is 1. The standard InChI is InChI=1S/C13H18N2O4/c14-6-10(12(18)13(19)11(17)8-16)15-7-9-4-2-1-3-5-9/h1-5,10-13,15-19H,7-8H2. The fourth-order valence-electron chi connectivity index (χ4n) is 1.60. The number of rotatable bonds is 7. The summed E-state index contributed by atoms with van der Waals surface area (Å²) in [7, 11) is 0. The van der Waals surface area contributed by atoms with E-state index in [0.29, 0.717) is 6.54 Å². The average Bonchev–Trinajstić information content (AvgIpc) is 2.47. The SMILES string of the molecule is N#CC(NCc1ccccc1)C(O)C(O)C(O)CO. The van der Waals surface area contributed by atoms with Crippen molar-refractivity contribution in [1.29, 1.82) is 5.26 Å². The van der Waals surface area contributed by atoms with Crippen LogP contribution in [-0.4, -0.2) is 51.4 Å². The van der Waals surface area contributed by atoms with E-state index >= 15 is 0 Å². The molecule has 4 atom stereocenters. The van der Waals surface area contributed by atoms with Gasteiger partial charge in [0.25, 0.3) is 0 Å². The van der Waals surface area contributed by atoms with Crippen molar-refractivity contribution in [3.8, 4) is 6.07 Å². The van der Waals surface area contributed by atoms with Crippen LogP contribution < -0.4 is 5.32 Å². The fraction of sp³-hybridized carbons (Fsp3) is 0.462. The smallest absolute Gasteiger partial charge is 0.124 e. The first-order chi connectivity index (χ1) is 9.10. The van der Waals surface area contributed by atoms with Crippen LogP contribution in [0.1, 0.15) is 5.56 Å². The van der Waals surface area contributed by atoms with Crippen LogP contribution in [0.4, 0.5) is 0 Å². The van der Waals surface area contributed by atoms with Gasteiger partial charge in [-0.2, -0.15) is 5.26 Å². The second-order valence-electron chi connectivity index (χ2n) is 4.20. The van der Waals surface area contributed by atoms with E-state index in [0.717, 1.165) is 5.56 Å². The zero-order valence-electron chi connectivity index (χ0n) is 10.3. The summed E-state index contributed by atoms with van der Waals surface area (Å²) < 4.78 is 0. The Labute approximate surface area is 111 Å². The molecule has 1 aromatic carbocycles. The molecule has 0 spiro atoms. The lowest BCUT2D eigenvalue weighted by Crippen LogP contribution is -2.50. The maximum absolute atomic E-state index is 9.75. The molecule has 0 amide bonds. The molecule has 19 heavy (non-hydrogen) atoms. The third-order valence-electron chi connectivity index (χ3n) is 2.78. The molecule has 0 saturated heterocycles. The largest absolute Gasteiger partial charge is 0.394 e. The second kappa shape index (κ2) is 7.84. The fourth-order valence-corrected chi connectivity index (χ4v) is 1.60. The van der Waals surface area contributed by atoms with Crippen molar-refractivity contribution in [2.75, 3.05) is 6.61 Å². The molecule has 0 aliphatic heterocycles. The maximum atomic E-state index is 9.75. The van der Waals surface area contributed by atoms with Crippen molar-refractivity contribution in [2.24, 2.45) is 0 Å². The van der Waals surface area contributed by atoms with E-state index in [9.17, 15) is 15.3 Å². The lowest BCUT2D eigenvalue weighted by atomic mass is 10.0. The van der Waals surface area contributed by atoms with Gasteiger partial charge in [-0.3, -0.25) is 5.32 Å². The van der Waals surface area contributed by atoms with Gasteiger partial charge >= 0.3 is 0 Å². The molecule has 4 unspecified atom stereocenters. The summed E-state index contributed by atoms with van der Waals surface area (Å²) in [5, 5.41) is 48.9. The Hall–Kier alpha value is -1.49. The molecular weight excluding hydrogens is 248 g/mol. The first-order valence-electron chi connectivity index (χ1n) is 5.92. The van der Waals surface area contributed by atoms with Gasteiger partial charge in [-0.1, -0.05) is 30.3 Å². The van der Waals surface area contributed by atoms with Crippen LogP contribution in [0, 0.1) is 11.3 Å². The first-order valence-corrected chi connectivity index (χ1v) is 5.92. The van der Waals surface area contributed by atoms with E-state index in [1.807, 2.05) is 36.4 Å². The molecule has 0 aliphatic carbocycles. The molecule has 0 radical (unpaired) electrons. The highest BCUT2D eigenvalue weighted by Gasteiger charge is 2.30. The Morgan fingerprint density at radius 1 is 1.11 bits per heavy atom. The number of nitriles is 1. The van der Waals surface area contributed by atoms with E-state index < -0.39 is 31.0 Å². The molecule has 0 aromatic heterocycles. The Kier molecular flexibility index (Phi) is 6.42. The third-order valence-corrected chi connectivity index (χ3v) is 2.78. The van der Waals surface area contributed by atoms with Crippen LogP contribution in [0.5, 0.6) is 0 Å². The molecule has 0 bridgehead atoms. The zero-order valence-corrected chi connectivity index (χ0v) is 10.3. The van der Waals surface area contributed by atoms with Gasteiger partial charge in [0.1, 0.15) is 24.4 Å². The molecule has 0 saturated carbocycles. The maximum Gasteiger partial charge on any atom is 0.124 e. The molecule has 6 heteroatoms. The Balaban J connectivity index is 2.56. The van der Waals surface area contributed by atoms with Crippen molar-refractivity contribution in [2.45, 2.75) is 30.9 Å². The van der Waals surface area contributed by atoms with Crippen molar-refractivity contribution < 1.29 is 20.4 Å². The lowest BCUT2D eigenvalue weighted by molar-refractivity contribution is -0.0816. The molecule has 0 heterocycles. The molecule has 104 valence electrons. The molecule has 0 fully saturated rings. The van der Waals surface area contributed by atoms with Crippen LogP contribution in [-0.2, 0) is 6.54 Å². The second-order valence-corrected chi connectivity index (χ2v) is 4.20. The molecule has 0 aliphatic rings. The summed E-state index contributed by atoms with van der Waals surface area (Å²) in [5.41, 5.74) is 0.923. The van der Waals surface area contributed by atoms with Gasteiger partial charge < -0.3 is 20.4 Å². The van der Waals surface area contributed by atoms with Crippen LogP contribution >= 0.6 is 0 Å². The quantitative estimate of drug-likeness (QED) is 0.421. The third kappa shape index (κ3) is 4.59. The Morgan fingerprint density at radius 3 is 2.26 bits per heavy atom. The van der Waals surface area contributed by atoms with Gasteiger partial charge in [-0.15, -0.1) is 0 Å². The summed E-state index contributed by atoms with van der Waals surface area (Å²) in [4.78, 5) is 0. The van der Waals surface area contributed by atoms with Crippen molar-refractivity contribution in [1.82, 2.24) is 5.32 Å². The summed E-state index contributed by atoms with van der Waals surface area (Å²) in [5.74, 6) is 0. The molecule has 1 aromatic rings. The van der Waals surface area contributed by atoms with E-state index in [4.69, 9.17) is 10.4 Å². The normalized spacial score (nSPS) is 17.2. The van der Waals surface area contributed by atoms with Gasteiger partial charge in [0.15, 0.2) is 0 Å².